The fourth-order valence-corrected chi connectivity index (χ4v) is 6.21. The van der Waals surface area contributed by atoms with E-state index in [4.69, 9.17) is 32.5 Å². The van der Waals surface area contributed by atoms with E-state index >= 15 is 0 Å². The molecule has 66 heavy (non-hydrogen) atoms. The predicted octanol–water partition coefficient (Wildman–Crippen LogP) is 7.93. The monoisotopic (exact) mass is 970 g/mol. The van der Waals surface area contributed by atoms with Crippen LogP contribution in [0, 0.1) is 0 Å². The zero-order valence-electron chi connectivity index (χ0n) is 33.4. The number of phenolic OH excluding ortho intramolecular Hbond substituents is 1. The summed E-state index contributed by atoms with van der Waals surface area (Å²) in [4.78, 5) is 70.6. The van der Waals surface area contributed by atoms with E-state index in [0.717, 1.165) is 42.5 Å². The van der Waals surface area contributed by atoms with Crippen molar-refractivity contribution in [3.8, 4) is 11.5 Å². The molecule has 1 heterocycles. The Morgan fingerprint density at radius 3 is 1.53 bits per heavy atom. The molecule has 0 amide bonds. The molecule has 0 spiro atoms. The van der Waals surface area contributed by atoms with Crippen molar-refractivity contribution in [1.29, 1.82) is 0 Å². The number of carboxylic acid groups (broad SMARTS) is 5. The molecule has 0 aliphatic rings. The van der Waals surface area contributed by atoms with Crippen LogP contribution in [0.4, 0.5) is 52.0 Å². The molecule has 4 aromatic carbocycles. The summed E-state index contributed by atoms with van der Waals surface area (Å²) < 4.78 is 37.5. The number of aromatic nitrogens is 3. The van der Waals surface area contributed by atoms with Gasteiger partial charge >= 0.3 is 29.8 Å². The minimum atomic E-state index is -4.28. The molecule has 5 rings (SSSR count). The molecule has 25 nitrogen and oxygen atoms in total. The highest BCUT2D eigenvalue weighted by Crippen LogP contribution is 2.40. The van der Waals surface area contributed by atoms with Crippen molar-refractivity contribution < 1.29 is 72.3 Å². The summed E-state index contributed by atoms with van der Waals surface area (Å²) >= 11 is 13.0. The molecule has 10 N–H and O–H groups in total. The number of hydrogen-bond acceptors (Lipinski definition) is 19. The number of halogens is 2. The third kappa shape index (κ3) is 13.7. The number of ether oxygens (including phenoxy) is 1. The maximum atomic E-state index is 11.7. The Morgan fingerprint density at radius 2 is 1.08 bits per heavy atom. The van der Waals surface area contributed by atoms with Gasteiger partial charge in [0.1, 0.15) is 28.9 Å². The van der Waals surface area contributed by atoms with Gasteiger partial charge in [0.15, 0.2) is 0 Å². The van der Waals surface area contributed by atoms with E-state index < -0.39 is 57.5 Å². The van der Waals surface area contributed by atoms with Crippen molar-refractivity contribution in [3.05, 3.63) is 93.0 Å². The fraction of sp³-hybridized carbons (Fsp3) is 0.158. The maximum absolute atomic E-state index is 11.7. The first kappa shape index (κ1) is 49.0. The third-order valence-corrected chi connectivity index (χ3v) is 9.79. The molecule has 0 bridgehead atoms. The second kappa shape index (κ2) is 21.1. The van der Waals surface area contributed by atoms with Gasteiger partial charge in [-0.05, 0) is 68.3 Å². The van der Waals surface area contributed by atoms with Crippen molar-refractivity contribution in [2.75, 3.05) is 28.3 Å². The van der Waals surface area contributed by atoms with Crippen LogP contribution in [0.25, 0.3) is 0 Å². The minimum Gasteiger partial charge on any atom is -0.506 e. The lowest BCUT2D eigenvalue weighted by Crippen LogP contribution is -2.27. The van der Waals surface area contributed by atoms with Crippen LogP contribution in [0.3, 0.4) is 0 Å². The smallest absolute Gasteiger partial charge is 0.335 e. The number of unbranched alkanes of at least 4 members (excludes halogenated alkanes) is 1. The Morgan fingerprint density at radius 1 is 0.636 bits per heavy atom. The highest BCUT2D eigenvalue weighted by atomic mass is 35.5. The molecule has 5 aromatic rings. The number of nitrogens with zero attached hydrogens (tertiary/aromatic N) is 7. The number of carboxylic acids is 5. The lowest BCUT2D eigenvalue weighted by molar-refractivity contribution is -0.137. The topological polar surface area (TPSA) is 395 Å². The summed E-state index contributed by atoms with van der Waals surface area (Å²) in [6, 6.07) is 9.60. The van der Waals surface area contributed by atoms with Gasteiger partial charge in [0.05, 0.1) is 67.4 Å². The molecule has 0 aliphatic heterocycles. The average Bonchev–Trinajstić information content (AvgIpc) is 3.23. The van der Waals surface area contributed by atoms with Crippen LogP contribution in [0.2, 0.25) is 10.0 Å². The number of benzene rings is 4. The summed E-state index contributed by atoms with van der Waals surface area (Å²) in [7, 11) is -4.28. The van der Waals surface area contributed by atoms with E-state index in [-0.39, 0.29) is 109 Å². The van der Waals surface area contributed by atoms with Crippen molar-refractivity contribution in [2.24, 2.45) is 20.5 Å². The summed E-state index contributed by atoms with van der Waals surface area (Å²) in [6.07, 6.45) is 0.0945. The number of carbonyl (C=O) groups is 5. The van der Waals surface area contributed by atoms with Gasteiger partial charge in [0, 0.05) is 12.1 Å². The van der Waals surface area contributed by atoms with E-state index in [1.54, 1.807) is 0 Å². The molecule has 0 fully saturated rings. The quantitative estimate of drug-likeness (QED) is 0.0144. The molecule has 0 saturated heterocycles. The molecule has 1 unspecified atom stereocenters. The van der Waals surface area contributed by atoms with Gasteiger partial charge in [-0.3, -0.25) is 9.35 Å². The van der Waals surface area contributed by atoms with E-state index in [9.17, 15) is 63.0 Å². The number of hydrogen-bond donors (Lipinski definition) is 10. The first-order valence-electron chi connectivity index (χ1n) is 18.4. The number of rotatable bonds is 21. The van der Waals surface area contributed by atoms with Crippen LogP contribution in [-0.2, 0) is 14.9 Å². The highest BCUT2D eigenvalue weighted by Gasteiger charge is 2.20. The Kier molecular flexibility index (Phi) is 15.6. The van der Waals surface area contributed by atoms with E-state index in [1.807, 2.05) is 0 Å². The predicted molar refractivity (Wildman–Crippen MR) is 232 cm³/mol. The number of phenols is 1. The summed E-state index contributed by atoms with van der Waals surface area (Å²) in [5.41, 5.74) is -2.19. The minimum absolute atomic E-state index is 0.0120. The Labute approximate surface area is 380 Å². The largest absolute Gasteiger partial charge is 0.506 e. The van der Waals surface area contributed by atoms with Crippen molar-refractivity contribution >= 4 is 115 Å². The standard InChI is InChI=1S/C38H32Cl2N10O15S/c1-16(31(52)53)41-36-44-37(42-27-12-23(39)25(14-29(27)51)49-47-21-8-17(32(54)55)6-18(9-21)33(56)57)46-38(45-36)43-28-13-24(40)26(15-30(28)65-4-2-3-5-66(62,63)64)50-48-22-10-19(34(58)59)7-20(11-22)35(60)61/h6-16,51H,2-5H2,1H3,(H,52,53)(H,54,55)(H,56,57)(H,58,59)(H,60,61)(H,62,63,64)(H3,41,42,43,44,45,46). The average molecular weight is 972 g/mol. The Bertz CT molecular complexity index is 2870. The lowest BCUT2D eigenvalue weighted by atomic mass is 10.1. The normalized spacial score (nSPS) is 11.9. The third-order valence-electron chi connectivity index (χ3n) is 8.38. The van der Waals surface area contributed by atoms with Crippen molar-refractivity contribution in [1.82, 2.24) is 15.0 Å². The number of anilines is 5. The van der Waals surface area contributed by atoms with Crippen LogP contribution in [0.5, 0.6) is 11.5 Å². The molecular weight excluding hydrogens is 939 g/mol. The molecule has 344 valence electrons. The fourth-order valence-electron chi connectivity index (χ4n) is 5.24. The number of aromatic hydroxyl groups is 1. The number of nitrogens with one attached hydrogen (secondary N) is 3. The van der Waals surface area contributed by atoms with Gasteiger partial charge in [-0.25, -0.2) is 19.2 Å². The van der Waals surface area contributed by atoms with E-state index in [0.29, 0.717) is 0 Å². The van der Waals surface area contributed by atoms with Gasteiger partial charge in [0.25, 0.3) is 10.1 Å². The van der Waals surface area contributed by atoms with Crippen molar-refractivity contribution in [3.63, 3.8) is 0 Å². The van der Waals surface area contributed by atoms with Gasteiger partial charge in [-0.2, -0.15) is 33.6 Å². The number of azo groups is 2. The second-order valence-electron chi connectivity index (χ2n) is 13.4. The number of aromatic carboxylic acids is 4. The SMILES string of the molecule is CC(Nc1nc(Nc2cc(Cl)c(N=Nc3cc(C(=O)O)cc(C(=O)O)c3)cc2O)nc(Nc2cc(Cl)c(N=Nc3cc(C(=O)O)cc(C(=O)O)c3)cc2OCCCCS(=O)(=O)O)n1)C(=O)O. The highest BCUT2D eigenvalue weighted by molar-refractivity contribution is 7.85. The Balaban J connectivity index is 1.50. The lowest BCUT2D eigenvalue weighted by Gasteiger charge is -2.16. The van der Waals surface area contributed by atoms with Crippen LogP contribution in [0.15, 0.2) is 81.1 Å². The Hall–Kier alpha value is -8.07. The maximum Gasteiger partial charge on any atom is 0.335 e. The van der Waals surface area contributed by atoms with Crippen LogP contribution in [-0.4, -0.2) is 107 Å². The van der Waals surface area contributed by atoms with Crippen LogP contribution < -0.4 is 20.7 Å². The summed E-state index contributed by atoms with van der Waals surface area (Å²) in [6.45, 7) is 1.14. The van der Waals surface area contributed by atoms with Gasteiger partial charge < -0.3 is 51.3 Å². The van der Waals surface area contributed by atoms with E-state index in [1.165, 1.54) is 25.1 Å². The first-order valence-corrected chi connectivity index (χ1v) is 20.7. The van der Waals surface area contributed by atoms with Gasteiger partial charge in [0.2, 0.25) is 17.8 Å². The first-order chi connectivity index (χ1) is 31.0. The van der Waals surface area contributed by atoms with Crippen LogP contribution in [0.1, 0.15) is 61.2 Å². The molecule has 0 aliphatic carbocycles. The molecule has 0 radical (unpaired) electrons. The zero-order valence-corrected chi connectivity index (χ0v) is 35.7. The van der Waals surface area contributed by atoms with Gasteiger partial charge in [-0.1, -0.05) is 23.2 Å². The molecule has 1 atom stereocenters. The summed E-state index contributed by atoms with van der Waals surface area (Å²) in [5.74, 6) is -9.07. The van der Waals surface area contributed by atoms with Gasteiger partial charge in [-0.15, -0.1) is 10.2 Å². The molecular formula is C38H32Cl2N10O15S. The second-order valence-corrected chi connectivity index (χ2v) is 15.8. The zero-order chi connectivity index (χ0) is 48.5. The van der Waals surface area contributed by atoms with Crippen molar-refractivity contribution in [2.45, 2.75) is 25.8 Å². The van der Waals surface area contributed by atoms with Crippen LogP contribution >= 0.6 is 23.2 Å². The summed E-state index contributed by atoms with van der Waals surface area (Å²) in [5, 5.41) is 81.7. The number of aliphatic carboxylic acids is 1. The molecule has 1 aromatic heterocycles. The van der Waals surface area contributed by atoms with E-state index in [2.05, 4.69) is 51.4 Å². The molecule has 0 saturated carbocycles. The molecule has 28 heteroatoms.